The van der Waals surface area contributed by atoms with Gasteiger partial charge in [0.05, 0.1) is 5.56 Å². The number of ether oxygens (including phenoxy) is 2. The van der Waals surface area contributed by atoms with Gasteiger partial charge in [-0.25, -0.2) is 4.79 Å². The molecule has 3 rings (SSSR count). The minimum atomic E-state index is -3.00. The van der Waals surface area contributed by atoms with E-state index in [1.807, 2.05) is 30.3 Å². The predicted octanol–water partition coefficient (Wildman–Crippen LogP) is 4.24. The zero-order valence-corrected chi connectivity index (χ0v) is 14.0. The lowest BCUT2D eigenvalue weighted by atomic mass is 10.1. The van der Waals surface area contributed by atoms with Gasteiger partial charge in [0.15, 0.2) is 6.61 Å². The zero-order valence-electron chi connectivity index (χ0n) is 14.0. The number of hydrogen-bond donors (Lipinski definition) is 1. The van der Waals surface area contributed by atoms with Crippen LogP contribution in [0.25, 0.3) is 10.8 Å². The van der Waals surface area contributed by atoms with Crippen LogP contribution in [0.15, 0.2) is 66.7 Å². The minimum Gasteiger partial charge on any atom is -0.452 e. The summed E-state index contributed by atoms with van der Waals surface area (Å²) >= 11 is 0. The van der Waals surface area contributed by atoms with Crippen LogP contribution in [-0.2, 0) is 9.53 Å². The highest BCUT2D eigenvalue weighted by Gasteiger charge is 2.13. The minimum absolute atomic E-state index is 0.00616. The van der Waals surface area contributed by atoms with Crippen LogP contribution in [0.2, 0.25) is 0 Å². The molecule has 0 heterocycles. The first-order valence-electron chi connectivity index (χ1n) is 8.02. The van der Waals surface area contributed by atoms with Gasteiger partial charge in [0.25, 0.3) is 5.91 Å². The number of halogens is 2. The summed E-state index contributed by atoms with van der Waals surface area (Å²) in [4.78, 5) is 24.0. The molecule has 138 valence electrons. The third kappa shape index (κ3) is 5.01. The number of carbonyl (C=O) groups excluding carboxylic acids is 2. The van der Waals surface area contributed by atoms with Crippen molar-refractivity contribution in [2.45, 2.75) is 6.61 Å². The largest absolute Gasteiger partial charge is 0.452 e. The number of anilines is 1. The molecule has 5 nitrogen and oxygen atoms in total. The van der Waals surface area contributed by atoms with Gasteiger partial charge in [-0.05, 0) is 41.1 Å². The first-order valence-corrected chi connectivity index (χ1v) is 8.02. The van der Waals surface area contributed by atoms with Crippen LogP contribution in [-0.4, -0.2) is 25.1 Å². The second-order valence-electron chi connectivity index (χ2n) is 5.59. The molecule has 0 unspecified atom stereocenters. The first kappa shape index (κ1) is 18.3. The molecule has 7 heteroatoms. The monoisotopic (exact) mass is 371 g/mol. The summed E-state index contributed by atoms with van der Waals surface area (Å²) in [7, 11) is 0. The number of nitrogens with one attached hydrogen (secondary N) is 1. The zero-order chi connectivity index (χ0) is 19.2. The Bertz CT molecular complexity index is 975. The Balaban J connectivity index is 1.57. The molecule has 0 spiro atoms. The molecule has 0 fully saturated rings. The van der Waals surface area contributed by atoms with E-state index in [0.29, 0.717) is 5.69 Å². The predicted molar refractivity (Wildman–Crippen MR) is 95.9 cm³/mol. The standard InChI is InChI=1S/C20H15F2NO4/c21-20(22)27-17-7-3-6-15(11-17)19(25)26-12-18(24)23-16-9-8-13-4-1-2-5-14(13)10-16/h1-11,20H,12H2,(H,23,24). The molecule has 0 aliphatic carbocycles. The van der Waals surface area contributed by atoms with Crippen molar-refractivity contribution in [3.05, 3.63) is 72.3 Å². The lowest BCUT2D eigenvalue weighted by Gasteiger charge is -2.09. The van der Waals surface area contributed by atoms with E-state index in [0.717, 1.165) is 16.8 Å². The molecular weight excluding hydrogens is 356 g/mol. The van der Waals surface area contributed by atoms with E-state index in [1.165, 1.54) is 18.2 Å². The topological polar surface area (TPSA) is 64.6 Å². The second-order valence-corrected chi connectivity index (χ2v) is 5.59. The van der Waals surface area contributed by atoms with E-state index in [1.54, 1.807) is 12.1 Å². The summed E-state index contributed by atoms with van der Waals surface area (Å²) in [5.74, 6) is -1.50. The average molecular weight is 371 g/mol. The molecule has 0 saturated heterocycles. The number of carbonyl (C=O) groups is 2. The third-order valence-corrected chi connectivity index (χ3v) is 3.66. The number of hydrogen-bond acceptors (Lipinski definition) is 4. The smallest absolute Gasteiger partial charge is 0.387 e. The van der Waals surface area contributed by atoms with Crippen molar-refractivity contribution in [3.63, 3.8) is 0 Å². The summed E-state index contributed by atoms with van der Waals surface area (Å²) in [6.45, 7) is -3.50. The van der Waals surface area contributed by atoms with Gasteiger partial charge in [0, 0.05) is 5.69 Å². The van der Waals surface area contributed by atoms with Gasteiger partial charge in [-0.2, -0.15) is 8.78 Å². The highest BCUT2D eigenvalue weighted by Crippen LogP contribution is 2.19. The van der Waals surface area contributed by atoms with Crippen LogP contribution in [0.1, 0.15) is 10.4 Å². The van der Waals surface area contributed by atoms with E-state index in [2.05, 4.69) is 10.1 Å². The van der Waals surface area contributed by atoms with Crippen molar-refractivity contribution in [1.82, 2.24) is 0 Å². The van der Waals surface area contributed by atoms with E-state index in [9.17, 15) is 18.4 Å². The Kier molecular flexibility index (Phi) is 5.61. The maximum atomic E-state index is 12.2. The number of amides is 1. The van der Waals surface area contributed by atoms with Gasteiger partial charge in [0.2, 0.25) is 0 Å². The Morgan fingerprint density at radius 3 is 2.48 bits per heavy atom. The van der Waals surface area contributed by atoms with E-state index in [4.69, 9.17) is 4.74 Å². The van der Waals surface area contributed by atoms with Crippen LogP contribution >= 0.6 is 0 Å². The Morgan fingerprint density at radius 2 is 1.70 bits per heavy atom. The van der Waals surface area contributed by atoms with Crippen LogP contribution in [0.4, 0.5) is 14.5 Å². The number of alkyl halides is 2. The van der Waals surface area contributed by atoms with Crippen molar-refractivity contribution >= 4 is 28.3 Å². The molecular formula is C20H15F2NO4. The summed E-state index contributed by atoms with van der Waals surface area (Å²) in [5.41, 5.74) is 0.578. The first-order chi connectivity index (χ1) is 13.0. The lowest BCUT2D eigenvalue weighted by Crippen LogP contribution is -2.21. The fraction of sp³-hybridized carbons (Fsp3) is 0.100. The summed E-state index contributed by atoms with van der Waals surface area (Å²) in [6.07, 6.45) is 0. The molecule has 0 bridgehead atoms. The van der Waals surface area contributed by atoms with E-state index < -0.39 is 25.1 Å². The molecule has 0 atom stereocenters. The van der Waals surface area contributed by atoms with Crippen molar-refractivity contribution in [3.8, 4) is 5.75 Å². The van der Waals surface area contributed by atoms with Gasteiger partial charge >= 0.3 is 12.6 Å². The van der Waals surface area contributed by atoms with Gasteiger partial charge in [0.1, 0.15) is 5.75 Å². The van der Waals surface area contributed by atoms with Gasteiger partial charge in [-0.1, -0.05) is 36.4 Å². The fourth-order valence-electron chi connectivity index (χ4n) is 2.48. The molecule has 1 N–H and O–H groups in total. The second kappa shape index (κ2) is 8.27. The molecule has 1 amide bonds. The SMILES string of the molecule is O=C(COC(=O)c1cccc(OC(F)F)c1)Nc1ccc2ccccc2c1. The van der Waals surface area contributed by atoms with Crippen molar-refractivity contribution in [2.75, 3.05) is 11.9 Å². The van der Waals surface area contributed by atoms with Crippen molar-refractivity contribution < 1.29 is 27.8 Å². The molecule has 3 aromatic rings. The Morgan fingerprint density at radius 1 is 0.926 bits per heavy atom. The van der Waals surface area contributed by atoms with Crippen molar-refractivity contribution in [2.24, 2.45) is 0 Å². The fourth-order valence-corrected chi connectivity index (χ4v) is 2.48. The number of esters is 1. The van der Waals surface area contributed by atoms with Gasteiger partial charge < -0.3 is 14.8 Å². The number of fused-ring (bicyclic) bond motifs is 1. The maximum Gasteiger partial charge on any atom is 0.387 e. The van der Waals surface area contributed by atoms with E-state index >= 15 is 0 Å². The molecule has 0 aromatic heterocycles. The normalized spacial score (nSPS) is 10.6. The highest BCUT2D eigenvalue weighted by atomic mass is 19.3. The summed E-state index contributed by atoms with van der Waals surface area (Å²) in [6, 6.07) is 18.3. The molecule has 0 aliphatic rings. The highest BCUT2D eigenvalue weighted by molar-refractivity contribution is 5.97. The Labute approximate surface area is 153 Å². The van der Waals surface area contributed by atoms with Crippen molar-refractivity contribution in [1.29, 1.82) is 0 Å². The van der Waals surface area contributed by atoms with Crippen LogP contribution in [0.3, 0.4) is 0 Å². The molecule has 0 saturated carbocycles. The third-order valence-electron chi connectivity index (χ3n) is 3.66. The molecule has 27 heavy (non-hydrogen) atoms. The molecule has 0 aliphatic heterocycles. The molecule has 3 aromatic carbocycles. The Hall–Kier alpha value is -3.48. The number of benzene rings is 3. The van der Waals surface area contributed by atoms with Crippen LogP contribution in [0, 0.1) is 0 Å². The average Bonchev–Trinajstić information content (AvgIpc) is 2.65. The lowest BCUT2D eigenvalue weighted by molar-refractivity contribution is -0.119. The quantitative estimate of drug-likeness (QED) is 0.659. The van der Waals surface area contributed by atoms with Gasteiger partial charge in [-0.15, -0.1) is 0 Å². The maximum absolute atomic E-state index is 12.2. The summed E-state index contributed by atoms with van der Waals surface area (Å²) < 4.78 is 33.6. The van der Waals surface area contributed by atoms with E-state index in [-0.39, 0.29) is 11.3 Å². The van der Waals surface area contributed by atoms with Crippen LogP contribution < -0.4 is 10.1 Å². The van der Waals surface area contributed by atoms with Crippen LogP contribution in [0.5, 0.6) is 5.75 Å². The van der Waals surface area contributed by atoms with Gasteiger partial charge in [-0.3, -0.25) is 4.79 Å². The molecule has 0 radical (unpaired) electrons. The summed E-state index contributed by atoms with van der Waals surface area (Å²) in [5, 5.41) is 4.63. The number of rotatable bonds is 6.